The molecule has 2 heteroatoms. The van der Waals surface area contributed by atoms with Crippen molar-refractivity contribution in [2.75, 3.05) is 0 Å². The van der Waals surface area contributed by atoms with Crippen LogP contribution in [0.4, 0.5) is 4.39 Å². The topological polar surface area (TPSA) is 26.0 Å². The van der Waals surface area contributed by atoms with E-state index in [1.54, 1.807) is 0 Å². The summed E-state index contributed by atoms with van der Waals surface area (Å²) in [6.07, 6.45) is 5.93. The number of hydrogen-bond donors (Lipinski definition) is 1. The fourth-order valence-electron chi connectivity index (χ4n) is 2.73. The lowest BCUT2D eigenvalue weighted by Crippen LogP contribution is -2.46. The Labute approximate surface area is 96.9 Å². The SMILES string of the molecule is CC(c1ccc(F)cc1)C1(N)CCCCC1. The van der Waals surface area contributed by atoms with E-state index < -0.39 is 0 Å². The lowest BCUT2D eigenvalue weighted by atomic mass is 9.72. The number of benzene rings is 1. The normalized spacial score (nSPS) is 21.7. The van der Waals surface area contributed by atoms with Gasteiger partial charge in [-0.3, -0.25) is 0 Å². The van der Waals surface area contributed by atoms with Crippen molar-refractivity contribution < 1.29 is 4.39 Å². The van der Waals surface area contributed by atoms with Gasteiger partial charge >= 0.3 is 0 Å². The predicted octanol–water partition coefficient (Wildman–Crippen LogP) is 3.59. The summed E-state index contributed by atoms with van der Waals surface area (Å²) in [7, 11) is 0. The minimum absolute atomic E-state index is 0.0872. The summed E-state index contributed by atoms with van der Waals surface area (Å²) in [6.45, 7) is 2.17. The van der Waals surface area contributed by atoms with Crippen LogP contribution in [0, 0.1) is 5.82 Å². The van der Waals surface area contributed by atoms with Crippen LogP contribution < -0.4 is 5.73 Å². The minimum Gasteiger partial charge on any atom is -0.325 e. The summed E-state index contributed by atoms with van der Waals surface area (Å²) in [5.74, 6) is 0.138. The molecule has 2 N–H and O–H groups in total. The Balaban J connectivity index is 2.16. The molecule has 0 aliphatic heterocycles. The van der Waals surface area contributed by atoms with Gasteiger partial charge in [-0.2, -0.15) is 0 Å². The van der Waals surface area contributed by atoms with Crippen LogP contribution in [0.1, 0.15) is 50.5 Å². The fraction of sp³-hybridized carbons (Fsp3) is 0.571. The van der Waals surface area contributed by atoms with Gasteiger partial charge in [-0.1, -0.05) is 38.3 Å². The predicted molar refractivity (Wildman–Crippen MR) is 64.8 cm³/mol. The van der Waals surface area contributed by atoms with Crippen LogP contribution in [-0.4, -0.2) is 5.54 Å². The molecule has 88 valence electrons. The highest BCUT2D eigenvalue weighted by Gasteiger charge is 2.33. The molecule has 0 heterocycles. The molecular formula is C14H20FN. The third kappa shape index (κ3) is 2.27. The molecule has 0 saturated heterocycles. The highest BCUT2D eigenvalue weighted by Crippen LogP contribution is 2.37. The Morgan fingerprint density at radius 3 is 2.25 bits per heavy atom. The molecule has 1 aliphatic carbocycles. The van der Waals surface area contributed by atoms with E-state index in [2.05, 4.69) is 6.92 Å². The maximum atomic E-state index is 12.9. The number of rotatable bonds is 2. The van der Waals surface area contributed by atoms with Crippen LogP contribution in [0.25, 0.3) is 0 Å². The zero-order valence-corrected chi connectivity index (χ0v) is 9.88. The van der Waals surface area contributed by atoms with Crippen molar-refractivity contribution in [1.29, 1.82) is 0 Å². The van der Waals surface area contributed by atoms with E-state index in [4.69, 9.17) is 5.73 Å². The largest absolute Gasteiger partial charge is 0.325 e. The smallest absolute Gasteiger partial charge is 0.123 e. The van der Waals surface area contributed by atoms with Crippen molar-refractivity contribution in [3.63, 3.8) is 0 Å². The average Bonchev–Trinajstić information content (AvgIpc) is 2.30. The molecule has 1 saturated carbocycles. The van der Waals surface area contributed by atoms with Gasteiger partial charge in [-0.05, 0) is 36.5 Å². The van der Waals surface area contributed by atoms with Crippen LogP contribution in [-0.2, 0) is 0 Å². The van der Waals surface area contributed by atoms with E-state index in [1.807, 2.05) is 12.1 Å². The minimum atomic E-state index is -0.175. The molecule has 0 bridgehead atoms. The number of hydrogen-bond acceptors (Lipinski definition) is 1. The van der Waals surface area contributed by atoms with Crippen LogP contribution in [0.5, 0.6) is 0 Å². The van der Waals surface area contributed by atoms with Gasteiger partial charge in [0, 0.05) is 5.54 Å². The van der Waals surface area contributed by atoms with Crippen molar-refractivity contribution in [3.8, 4) is 0 Å². The summed E-state index contributed by atoms with van der Waals surface area (Å²) in [6, 6.07) is 6.78. The molecule has 0 aromatic heterocycles. The quantitative estimate of drug-likeness (QED) is 0.811. The van der Waals surface area contributed by atoms with E-state index in [1.165, 1.54) is 31.4 Å². The molecule has 0 amide bonds. The first-order valence-electron chi connectivity index (χ1n) is 6.16. The summed E-state index contributed by atoms with van der Waals surface area (Å²) < 4.78 is 12.9. The van der Waals surface area contributed by atoms with Gasteiger partial charge in [0.2, 0.25) is 0 Å². The monoisotopic (exact) mass is 221 g/mol. The van der Waals surface area contributed by atoms with Crippen molar-refractivity contribution in [2.45, 2.75) is 50.5 Å². The molecule has 0 radical (unpaired) electrons. The summed E-state index contributed by atoms with van der Waals surface area (Å²) in [5.41, 5.74) is 7.55. The molecule has 1 aromatic rings. The van der Waals surface area contributed by atoms with E-state index in [9.17, 15) is 4.39 Å². The first-order chi connectivity index (χ1) is 7.62. The molecule has 16 heavy (non-hydrogen) atoms. The van der Waals surface area contributed by atoms with Crippen LogP contribution >= 0.6 is 0 Å². The third-order valence-corrected chi connectivity index (χ3v) is 4.02. The highest BCUT2D eigenvalue weighted by atomic mass is 19.1. The number of halogens is 1. The zero-order chi connectivity index (χ0) is 11.6. The molecule has 1 atom stereocenters. The average molecular weight is 221 g/mol. The maximum absolute atomic E-state index is 12.9. The van der Waals surface area contributed by atoms with E-state index in [0.29, 0.717) is 5.92 Å². The molecule has 1 aliphatic rings. The Kier molecular flexibility index (Phi) is 3.29. The van der Waals surface area contributed by atoms with E-state index in [-0.39, 0.29) is 11.4 Å². The first-order valence-corrected chi connectivity index (χ1v) is 6.16. The second kappa shape index (κ2) is 4.54. The molecule has 0 spiro atoms. The lowest BCUT2D eigenvalue weighted by molar-refractivity contribution is 0.256. The van der Waals surface area contributed by atoms with Crippen molar-refractivity contribution in [3.05, 3.63) is 35.6 Å². The van der Waals surface area contributed by atoms with Crippen LogP contribution in [0.15, 0.2) is 24.3 Å². The highest BCUT2D eigenvalue weighted by molar-refractivity contribution is 5.24. The van der Waals surface area contributed by atoms with Crippen molar-refractivity contribution in [1.82, 2.24) is 0 Å². The van der Waals surface area contributed by atoms with Crippen molar-refractivity contribution in [2.24, 2.45) is 5.73 Å². The van der Waals surface area contributed by atoms with Gasteiger partial charge in [0.05, 0.1) is 0 Å². The molecule has 2 rings (SSSR count). The molecule has 1 unspecified atom stereocenters. The first kappa shape index (κ1) is 11.6. The summed E-state index contributed by atoms with van der Waals surface area (Å²) >= 11 is 0. The van der Waals surface area contributed by atoms with Gasteiger partial charge < -0.3 is 5.73 Å². The fourth-order valence-corrected chi connectivity index (χ4v) is 2.73. The van der Waals surface area contributed by atoms with Gasteiger partial charge in [0.1, 0.15) is 5.82 Å². The number of nitrogens with two attached hydrogens (primary N) is 1. The van der Waals surface area contributed by atoms with Crippen LogP contribution in [0.2, 0.25) is 0 Å². The third-order valence-electron chi connectivity index (χ3n) is 4.02. The second-order valence-corrected chi connectivity index (χ2v) is 5.07. The second-order valence-electron chi connectivity index (χ2n) is 5.07. The van der Waals surface area contributed by atoms with Gasteiger partial charge in [0.25, 0.3) is 0 Å². The van der Waals surface area contributed by atoms with E-state index >= 15 is 0 Å². The molecule has 1 fully saturated rings. The Hall–Kier alpha value is -0.890. The Morgan fingerprint density at radius 2 is 1.69 bits per heavy atom. The lowest BCUT2D eigenvalue weighted by Gasteiger charge is -2.39. The maximum Gasteiger partial charge on any atom is 0.123 e. The van der Waals surface area contributed by atoms with Gasteiger partial charge in [0.15, 0.2) is 0 Å². The molecule has 1 aromatic carbocycles. The molecular weight excluding hydrogens is 201 g/mol. The van der Waals surface area contributed by atoms with Crippen LogP contribution in [0.3, 0.4) is 0 Å². The standard InChI is InChI=1S/C14H20FN/c1-11(12-5-7-13(15)8-6-12)14(16)9-3-2-4-10-14/h5-8,11H,2-4,9-10,16H2,1H3. The van der Waals surface area contributed by atoms with Gasteiger partial charge in [-0.25, -0.2) is 4.39 Å². The van der Waals surface area contributed by atoms with Gasteiger partial charge in [-0.15, -0.1) is 0 Å². The zero-order valence-electron chi connectivity index (χ0n) is 9.88. The summed E-state index contributed by atoms with van der Waals surface area (Å²) in [4.78, 5) is 0. The van der Waals surface area contributed by atoms with Crippen molar-refractivity contribution >= 4 is 0 Å². The molecule has 1 nitrogen and oxygen atoms in total. The summed E-state index contributed by atoms with van der Waals surface area (Å²) in [5, 5.41) is 0. The Morgan fingerprint density at radius 1 is 1.12 bits per heavy atom. The van der Waals surface area contributed by atoms with E-state index in [0.717, 1.165) is 18.4 Å². The Bertz CT molecular complexity index is 338.